The molecule has 3 N–H and O–H groups in total. The third-order valence-electron chi connectivity index (χ3n) is 3.65. The summed E-state index contributed by atoms with van der Waals surface area (Å²) in [5.41, 5.74) is 2.69. The molecule has 4 nitrogen and oxygen atoms in total. The fraction of sp³-hybridized carbons (Fsp3) is 0.188. The molecule has 0 fully saturated rings. The standard InChI is InChI=1S/C16H15BrN2O2/c1-9(10-4-2-5-11(20)8-10)18-15-14-12(17)6-3-7-13(14)19-16(15)21/h2-9,15,18,20H,1H3,(H,19,21). The number of aromatic hydroxyl groups is 1. The first-order chi connectivity index (χ1) is 10.1. The highest BCUT2D eigenvalue weighted by Gasteiger charge is 2.33. The third-order valence-corrected chi connectivity index (χ3v) is 4.34. The molecule has 2 aromatic rings. The van der Waals surface area contributed by atoms with Crippen LogP contribution in [0.1, 0.15) is 30.1 Å². The van der Waals surface area contributed by atoms with Crippen LogP contribution in [0.15, 0.2) is 46.9 Å². The van der Waals surface area contributed by atoms with Crippen molar-refractivity contribution in [1.82, 2.24) is 5.32 Å². The first-order valence-corrected chi connectivity index (χ1v) is 7.50. The number of phenols is 1. The molecular formula is C16H15BrN2O2. The van der Waals surface area contributed by atoms with Gasteiger partial charge in [-0.2, -0.15) is 0 Å². The Labute approximate surface area is 131 Å². The van der Waals surface area contributed by atoms with Crippen LogP contribution in [-0.4, -0.2) is 11.0 Å². The molecule has 21 heavy (non-hydrogen) atoms. The van der Waals surface area contributed by atoms with Crippen molar-refractivity contribution in [3.63, 3.8) is 0 Å². The van der Waals surface area contributed by atoms with E-state index in [0.717, 1.165) is 21.3 Å². The van der Waals surface area contributed by atoms with E-state index in [4.69, 9.17) is 0 Å². The molecule has 0 bridgehead atoms. The Balaban J connectivity index is 1.87. The highest BCUT2D eigenvalue weighted by atomic mass is 79.9. The van der Waals surface area contributed by atoms with Gasteiger partial charge in [-0.05, 0) is 36.8 Å². The predicted octanol–water partition coefficient (Wildman–Crippen LogP) is 3.50. The minimum atomic E-state index is -0.409. The minimum absolute atomic E-state index is 0.0640. The van der Waals surface area contributed by atoms with Crippen molar-refractivity contribution in [3.8, 4) is 5.75 Å². The maximum atomic E-state index is 12.2. The Morgan fingerprint density at radius 3 is 2.81 bits per heavy atom. The molecule has 3 rings (SSSR count). The van der Waals surface area contributed by atoms with E-state index in [9.17, 15) is 9.90 Å². The van der Waals surface area contributed by atoms with E-state index >= 15 is 0 Å². The smallest absolute Gasteiger partial charge is 0.246 e. The van der Waals surface area contributed by atoms with Gasteiger partial charge in [0.1, 0.15) is 11.8 Å². The van der Waals surface area contributed by atoms with Crippen LogP contribution in [0.4, 0.5) is 5.69 Å². The summed E-state index contributed by atoms with van der Waals surface area (Å²) < 4.78 is 0.902. The summed E-state index contributed by atoms with van der Waals surface area (Å²) in [4.78, 5) is 12.2. The molecule has 5 heteroatoms. The summed E-state index contributed by atoms with van der Waals surface area (Å²) >= 11 is 3.50. The zero-order chi connectivity index (χ0) is 15.0. The van der Waals surface area contributed by atoms with Crippen LogP contribution in [0.3, 0.4) is 0 Å². The van der Waals surface area contributed by atoms with E-state index in [1.807, 2.05) is 31.2 Å². The Morgan fingerprint density at radius 2 is 2.05 bits per heavy atom. The van der Waals surface area contributed by atoms with Crippen molar-refractivity contribution < 1.29 is 9.90 Å². The van der Waals surface area contributed by atoms with E-state index in [1.54, 1.807) is 18.2 Å². The maximum Gasteiger partial charge on any atom is 0.246 e. The largest absolute Gasteiger partial charge is 0.508 e. The number of nitrogens with one attached hydrogen (secondary N) is 2. The first kappa shape index (κ1) is 14.1. The van der Waals surface area contributed by atoms with Gasteiger partial charge in [0, 0.05) is 21.8 Å². The van der Waals surface area contributed by atoms with Crippen LogP contribution in [0.25, 0.3) is 0 Å². The zero-order valence-corrected chi connectivity index (χ0v) is 13.0. The molecule has 0 radical (unpaired) electrons. The van der Waals surface area contributed by atoms with Gasteiger partial charge in [0.2, 0.25) is 5.91 Å². The number of hydrogen-bond donors (Lipinski definition) is 3. The minimum Gasteiger partial charge on any atom is -0.508 e. The van der Waals surface area contributed by atoms with Crippen LogP contribution >= 0.6 is 15.9 Å². The number of rotatable bonds is 3. The fourth-order valence-corrected chi connectivity index (χ4v) is 3.17. The maximum absolute atomic E-state index is 12.2. The number of amides is 1. The van der Waals surface area contributed by atoms with Crippen LogP contribution in [-0.2, 0) is 4.79 Å². The van der Waals surface area contributed by atoms with Gasteiger partial charge in [-0.1, -0.05) is 34.1 Å². The van der Waals surface area contributed by atoms with Crippen LogP contribution in [0, 0.1) is 0 Å². The second-order valence-corrected chi connectivity index (χ2v) is 5.96. The monoisotopic (exact) mass is 346 g/mol. The van der Waals surface area contributed by atoms with Gasteiger partial charge in [0.15, 0.2) is 0 Å². The van der Waals surface area contributed by atoms with E-state index in [0.29, 0.717) is 0 Å². The molecule has 0 spiro atoms. The van der Waals surface area contributed by atoms with E-state index in [1.165, 1.54) is 0 Å². The Hall–Kier alpha value is -1.85. The lowest BCUT2D eigenvalue weighted by Gasteiger charge is -2.19. The van der Waals surface area contributed by atoms with Gasteiger partial charge in [0.25, 0.3) is 0 Å². The molecular weight excluding hydrogens is 332 g/mol. The number of carbonyl (C=O) groups is 1. The molecule has 0 aliphatic carbocycles. The molecule has 2 aromatic carbocycles. The quantitative estimate of drug-likeness (QED) is 0.796. The van der Waals surface area contributed by atoms with Gasteiger partial charge in [-0.3, -0.25) is 10.1 Å². The molecule has 1 aliphatic heterocycles. The number of benzene rings is 2. The van der Waals surface area contributed by atoms with Crippen molar-refractivity contribution >= 4 is 27.5 Å². The van der Waals surface area contributed by atoms with Gasteiger partial charge < -0.3 is 10.4 Å². The first-order valence-electron chi connectivity index (χ1n) is 6.70. The normalized spacial score (nSPS) is 18.2. The highest BCUT2D eigenvalue weighted by Crippen LogP contribution is 2.37. The molecule has 1 heterocycles. The number of phenolic OH excluding ortho intramolecular Hbond substituents is 1. The Morgan fingerprint density at radius 1 is 1.29 bits per heavy atom. The van der Waals surface area contributed by atoms with E-state index in [-0.39, 0.29) is 17.7 Å². The summed E-state index contributed by atoms with van der Waals surface area (Å²) in [7, 11) is 0. The van der Waals surface area contributed by atoms with Gasteiger partial charge in [-0.15, -0.1) is 0 Å². The topological polar surface area (TPSA) is 61.4 Å². The molecule has 1 aliphatic rings. The van der Waals surface area contributed by atoms with Crippen molar-refractivity contribution in [2.75, 3.05) is 5.32 Å². The highest BCUT2D eigenvalue weighted by molar-refractivity contribution is 9.10. The Kier molecular flexibility index (Phi) is 3.69. The van der Waals surface area contributed by atoms with Crippen LogP contribution in [0.2, 0.25) is 0 Å². The molecule has 0 saturated carbocycles. The molecule has 0 saturated heterocycles. The van der Waals surface area contributed by atoms with Crippen LogP contribution < -0.4 is 10.6 Å². The SMILES string of the molecule is CC(NC1C(=O)Nc2cccc(Br)c21)c1cccc(O)c1. The lowest BCUT2D eigenvalue weighted by atomic mass is 10.0. The number of fused-ring (bicyclic) bond motifs is 1. The second kappa shape index (κ2) is 5.50. The van der Waals surface area contributed by atoms with Crippen LogP contribution in [0.5, 0.6) is 5.75 Å². The van der Waals surface area contributed by atoms with E-state index in [2.05, 4.69) is 26.6 Å². The number of anilines is 1. The summed E-state index contributed by atoms with van der Waals surface area (Å²) in [6, 6.07) is 12.3. The molecule has 0 aromatic heterocycles. The van der Waals surface area contributed by atoms with Gasteiger partial charge in [-0.25, -0.2) is 0 Å². The summed E-state index contributed by atoms with van der Waals surface area (Å²) in [5.74, 6) is 0.155. The third kappa shape index (κ3) is 2.66. The van der Waals surface area contributed by atoms with Gasteiger partial charge >= 0.3 is 0 Å². The summed E-state index contributed by atoms with van der Waals surface area (Å²) in [6.07, 6.45) is 0. The summed E-state index contributed by atoms with van der Waals surface area (Å²) in [5, 5.41) is 15.8. The van der Waals surface area contributed by atoms with Crippen molar-refractivity contribution in [3.05, 3.63) is 58.1 Å². The predicted molar refractivity (Wildman–Crippen MR) is 85.2 cm³/mol. The van der Waals surface area contributed by atoms with Gasteiger partial charge in [0.05, 0.1) is 0 Å². The molecule has 108 valence electrons. The average Bonchev–Trinajstić information content (AvgIpc) is 2.76. The second-order valence-electron chi connectivity index (χ2n) is 5.11. The number of carbonyl (C=O) groups excluding carboxylic acids is 1. The molecule has 1 amide bonds. The number of halogens is 1. The fourth-order valence-electron chi connectivity index (χ4n) is 2.57. The lowest BCUT2D eigenvalue weighted by Crippen LogP contribution is -2.30. The average molecular weight is 347 g/mol. The molecule has 2 atom stereocenters. The lowest BCUT2D eigenvalue weighted by molar-refractivity contribution is -0.117. The van der Waals surface area contributed by atoms with Crippen molar-refractivity contribution in [2.24, 2.45) is 0 Å². The number of hydrogen-bond acceptors (Lipinski definition) is 3. The van der Waals surface area contributed by atoms with Crippen molar-refractivity contribution in [1.29, 1.82) is 0 Å². The Bertz CT molecular complexity index is 702. The van der Waals surface area contributed by atoms with Crippen molar-refractivity contribution in [2.45, 2.75) is 19.0 Å². The van der Waals surface area contributed by atoms with E-state index < -0.39 is 6.04 Å². The summed E-state index contributed by atoms with van der Waals surface area (Å²) in [6.45, 7) is 1.97. The molecule has 2 unspecified atom stereocenters. The zero-order valence-electron chi connectivity index (χ0n) is 11.4.